The van der Waals surface area contributed by atoms with Crippen LogP contribution in [0.1, 0.15) is 39.1 Å². The fourth-order valence-electron chi connectivity index (χ4n) is 3.37. The highest BCUT2D eigenvalue weighted by Gasteiger charge is 2.21. The molecule has 0 atom stereocenters. The normalized spacial score (nSPS) is 12.3. The molecule has 5 nitrogen and oxygen atoms in total. The minimum Gasteiger partial charge on any atom is -0.454 e. The molecule has 0 saturated carbocycles. The van der Waals surface area contributed by atoms with Gasteiger partial charge in [0.05, 0.1) is 11.3 Å². The zero-order valence-electron chi connectivity index (χ0n) is 16.1. The standard InChI is InChI=1S/C24H21NO4/c1-15-7-9-23-20(12-15)25-24(28)19-14-17(8-10-22(19)29-23)16-4-2-5-18(13-16)21(27)6-3-11-26/h2,4-5,7-10,12-14,26H,3,6,11H2,1H3,(H,25,28). The van der Waals surface area contributed by atoms with Gasteiger partial charge in [0, 0.05) is 18.6 Å². The number of anilines is 1. The van der Waals surface area contributed by atoms with E-state index < -0.39 is 0 Å². The van der Waals surface area contributed by atoms with Crippen LogP contribution < -0.4 is 10.1 Å². The van der Waals surface area contributed by atoms with Gasteiger partial charge in [0.1, 0.15) is 5.75 Å². The lowest BCUT2D eigenvalue weighted by Gasteiger charge is -2.10. The molecule has 29 heavy (non-hydrogen) atoms. The molecule has 5 heteroatoms. The summed E-state index contributed by atoms with van der Waals surface area (Å²) in [6.07, 6.45) is 0.748. The molecule has 0 fully saturated rings. The molecule has 3 aromatic carbocycles. The fourth-order valence-corrected chi connectivity index (χ4v) is 3.37. The number of carbonyl (C=O) groups is 2. The molecule has 1 amide bonds. The first-order valence-electron chi connectivity index (χ1n) is 9.53. The van der Waals surface area contributed by atoms with Crippen molar-refractivity contribution < 1.29 is 19.4 Å². The highest BCUT2D eigenvalue weighted by Crippen LogP contribution is 2.37. The van der Waals surface area contributed by atoms with E-state index in [2.05, 4.69) is 5.32 Å². The number of benzene rings is 3. The van der Waals surface area contributed by atoms with Crippen molar-refractivity contribution in [1.82, 2.24) is 0 Å². The molecule has 0 unspecified atom stereocenters. The highest BCUT2D eigenvalue weighted by molar-refractivity contribution is 6.08. The monoisotopic (exact) mass is 387 g/mol. The first kappa shape index (κ1) is 18.9. The van der Waals surface area contributed by atoms with Crippen LogP contribution in [-0.4, -0.2) is 23.4 Å². The SMILES string of the molecule is Cc1ccc2c(c1)NC(=O)c1cc(-c3cccc(C(=O)CCCO)c3)ccc1O2. The Morgan fingerprint density at radius 3 is 2.62 bits per heavy atom. The van der Waals surface area contributed by atoms with Gasteiger partial charge < -0.3 is 15.2 Å². The molecule has 0 spiro atoms. The van der Waals surface area contributed by atoms with Crippen molar-refractivity contribution in [3.63, 3.8) is 0 Å². The van der Waals surface area contributed by atoms with Gasteiger partial charge in [-0.1, -0.05) is 30.3 Å². The van der Waals surface area contributed by atoms with Crippen LogP contribution in [0, 0.1) is 6.92 Å². The van der Waals surface area contributed by atoms with E-state index in [9.17, 15) is 9.59 Å². The largest absolute Gasteiger partial charge is 0.454 e. The summed E-state index contributed by atoms with van der Waals surface area (Å²) in [5, 5.41) is 11.8. The fraction of sp³-hybridized carbons (Fsp3) is 0.167. The summed E-state index contributed by atoms with van der Waals surface area (Å²) in [5.74, 6) is 0.847. The Labute approximate surface area is 169 Å². The van der Waals surface area contributed by atoms with Gasteiger partial charge in [-0.2, -0.15) is 0 Å². The lowest BCUT2D eigenvalue weighted by molar-refractivity contribution is 0.0970. The summed E-state index contributed by atoms with van der Waals surface area (Å²) >= 11 is 0. The van der Waals surface area contributed by atoms with Gasteiger partial charge in [0.25, 0.3) is 5.91 Å². The molecule has 1 heterocycles. The number of aryl methyl sites for hydroxylation is 1. The number of Topliss-reactive ketones (excluding diaryl/α,β-unsaturated/α-hetero) is 1. The molecule has 0 saturated heterocycles. The van der Waals surface area contributed by atoms with Gasteiger partial charge in [0.2, 0.25) is 0 Å². The van der Waals surface area contributed by atoms with Gasteiger partial charge >= 0.3 is 0 Å². The predicted molar refractivity (Wildman–Crippen MR) is 112 cm³/mol. The minimum absolute atomic E-state index is 0.00667. The Morgan fingerprint density at radius 2 is 1.79 bits per heavy atom. The number of nitrogens with one attached hydrogen (secondary N) is 1. The minimum atomic E-state index is -0.235. The maximum Gasteiger partial charge on any atom is 0.259 e. The molecule has 146 valence electrons. The molecule has 0 aliphatic carbocycles. The number of ether oxygens (including phenoxy) is 1. The van der Waals surface area contributed by atoms with Gasteiger partial charge in [-0.05, 0) is 60.4 Å². The second-order valence-electron chi connectivity index (χ2n) is 7.10. The third kappa shape index (κ3) is 3.91. The summed E-state index contributed by atoms with van der Waals surface area (Å²) in [6, 6.07) is 18.4. The lowest BCUT2D eigenvalue weighted by atomic mass is 9.98. The van der Waals surface area contributed by atoms with Crippen LogP contribution in [0.15, 0.2) is 60.7 Å². The Bertz CT molecular complexity index is 1100. The zero-order chi connectivity index (χ0) is 20.4. The topological polar surface area (TPSA) is 75.6 Å². The summed E-state index contributed by atoms with van der Waals surface area (Å²) in [6.45, 7) is 1.95. The molecule has 3 aromatic rings. The average Bonchev–Trinajstić information content (AvgIpc) is 2.87. The second-order valence-corrected chi connectivity index (χ2v) is 7.10. The predicted octanol–water partition coefficient (Wildman–Crippen LogP) is 4.98. The molecule has 2 N–H and O–H groups in total. The molecule has 4 rings (SSSR count). The van der Waals surface area contributed by atoms with Gasteiger partial charge in [-0.25, -0.2) is 0 Å². The number of amides is 1. The second kappa shape index (κ2) is 7.89. The van der Waals surface area contributed by atoms with Crippen molar-refractivity contribution in [2.75, 3.05) is 11.9 Å². The van der Waals surface area contributed by atoms with Crippen molar-refractivity contribution in [2.45, 2.75) is 19.8 Å². The smallest absolute Gasteiger partial charge is 0.259 e. The van der Waals surface area contributed by atoms with E-state index in [0.717, 1.165) is 16.7 Å². The Morgan fingerprint density at radius 1 is 1.00 bits per heavy atom. The Balaban J connectivity index is 1.68. The molecule has 0 bridgehead atoms. The highest BCUT2D eigenvalue weighted by atomic mass is 16.5. The van der Waals surface area contributed by atoms with Gasteiger partial charge in [0.15, 0.2) is 11.5 Å². The van der Waals surface area contributed by atoms with Crippen molar-refractivity contribution in [3.05, 3.63) is 77.4 Å². The first-order valence-corrected chi connectivity index (χ1v) is 9.53. The molecule has 1 aliphatic heterocycles. The van der Waals surface area contributed by atoms with Crippen molar-refractivity contribution in [1.29, 1.82) is 0 Å². The van der Waals surface area contributed by atoms with Crippen LogP contribution in [0.25, 0.3) is 11.1 Å². The zero-order valence-corrected chi connectivity index (χ0v) is 16.1. The van der Waals surface area contributed by atoms with Crippen LogP contribution in [0.2, 0.25) is 0 Å². The number of hydrogen-bond donors (Lipinski definition) is 2. The maximum absolute atomic E-state index is 12.8. The first-order chi connectivity index (χ1) is 14.0. The van der Waals surface area contributed by atoms with Gasteiger partial charge in [-0.3, -0.25) is 9.59 Å². The molecule has 0 radical (unpaired) electrons. The van der Waals surface area contributed by atoms with E-state index in [1.807, 2.05) is 49.4 Å². The third-order valence-electron chi connectivity index (χ3n) is 4.91. The molecular weight excluding hydrogens is 366 g/mol. The number of aliphatic hydroxyl groups excluding tert-OH is 1. The van der Waals surface area contributed by atoms with Crippen molar-refractivity contribution in [2.24, 2.45) is 0 Å². The lowest BCUT2D eigenvalue weighted by Crippen LogP contribution is -2.10. The third-order valence-corrected chi connectivity index (χ3v) is 4.91. The summed E-state index contributed by atoms with van der Waals surface area (Å²) in [4.78, 5) is 25.1. The number of hydrogen-bond acceptors (Lipinski definition) is 4. The summed E-state index contributed by atoms with van der Waals surface area (Å²) in [5.41, 5.74) is 4.36. The van der Waals surface area contributed by atoms with Crippen LogP contribution in [0.5, 0.6) is 11.5 Å². The van der Waals surface area contributed by atoms with Crippen LogP contribution in [0.3, 0.4) is 0 Å². The van der Waals surface area contributed by atoms with E-state index >= 15 is 0 Å². The maximum atomic E-state index is 12.8. The van der Waals surface area contributed by atoms with Crippen LogP contribution >= 0.6 is 0 Å². The summed E-state index contributed by atoms with van der Waals surface area (Å²) < 4.78 is 5.96. The van der Waals surface area contributed by atoms with E-state index in [1.165, 1.54) is 0 Å². The number of rotatable bonds is 5. The van der Waals surface area contributed by atoms with E-state index in [-0.39, 0.29) is 18.3 Å². The number of fused-ring (bicyclic) bond motifs is 2. The van der Waals surface area contributed by atoms with E-state index in [0.29, 0.717) is 41.2 Å². The van der Waals surface area contributed by atoms with E-state index in [1.54, 1.807) is 18.2 Å². The Hall–Kier alpha value is -3.44. The molecule has 1 aliphatic rings. The van der Waals surface area contributed by atoms with Crippen molar-refractivity contribution >= 4 is 17.4 Å². The number of aliphatic hydroxyl groups is 1. The van der Waals surface area contributed by atoms with E-state index in [4.69, 9.17) is 9.84 Å². The van der Waals surface area contributed by atoms with Gasteiger partial charge in [-0.15, -0.1) is 0 Å². The quantitative estimate of drug-likeness (QED) is 0.606. The Kier molecular flexibility index (Phi) is 5.14. The number of carbonyl (C=O) groups excluding carboxylic acids is 2. The molecule has 0 aromatic heterocycles. The average molecular weight is 387 g/mol. The number of ketones is 1. The van der Waals surface area contributed by atoms with Crippen LogP contribution in [-0.2, 0) is 0 Å². The van der Waals surface area contributed by atoms with Crippen molar-refractivity contribution in [3.8, 4) is 22.6 Å². The van der Waals surface area contributed by atoms with Crippen LogP contribution in [0.4, 0.5) is 5.69 Å². The molecular formula is C24H21NO4. The summed E-state index contributed by atoms with van der Waals surface area (Å²) in [7, 11) is 0.